The van der Waals surface area contributed by atoms with Crippen molar-refractivity contribution in [2.45, 2.75) is 13.8 Å². The lowest BCUT2D eigenvalue weighted by molar-refractivity contribution is 0.0992. The average molecular weight is 240 g/mol. The predicted molar refractivity (Wildman–Crippen MR) is 72.9 cm³/mol. The quantitative estimate of drug-likeness (QED) is 0.808. The Hall–Kier alpha value is -2.16. The van der Waals surface area contributed by atoms with Gasteiger partial charge >= 0.3 is 0 Å². The van der Waals surface area contributed by atoms with Crippen LogP contribution in [0.4, 0.5) is 5.82 Å². The van der Waals surface area contributed by atoms with E-state index in [0.29, 0.717) is 11.4 Å². The molecule has 1 aromatic carbocycles. The number of carbonyl (C=O) groups is 1. The Morgan fingerprint density at radius 1 is 1.00 bits per heavy atom. The second kappa shape index (κ2) is 5.00. The molecule has 0 saturated carbocycles. The van der Waals surface area contributed by atoms with Gasteiger partial charge in [-0.1, -0.05) is 23.8 Å². The van der Waals surface area contributed by atoms with Gasteiger partial charge in [0.2, 0.25) is 0 Å². The Morgan fingerprint density at radius 3 is 2.17 bits per heavy atom. The molecular weight excluding hydrogens is 224 g/mol. The van der Waals surface area contributed by atoms with Gasteiger partial charge in [0.1, 0.15) is 5.82 Å². The molecule has 0 unspecified atom stereocenters. The van der Waals surface area contributed by atoms with Crippen LogP contribution >= 0.6 is 0 Å². The van der Waals surface area contributed by atoms with Crippen molar-refractivity contribution in [2.75, 3.05) is 11.9 Å². The summed E-state index contributed by atoms with van der Waals surface area (Å²) in [5.41, 5.74) is 2.89. The predicted octanol–water partition coefficient (Wildman–Crippen LogP) is 2.98. The molecule has 0 fully saturated rings. The first-order chi connectivity index (χ1) is 8.58. The lowest BCUT2D eigenvalue weighted by atomic mass is 10.1. The molecule has 0 aliphatic carbocycles. The second-order valence-corrected chi connectivity index (χ2v) is 4.42. The summed E-state index contributed by atoms with van der Waals surface area (Å²) in [6, 6.07) is 11.3. The molecule has 2 aromatic rings. The summed E-state index contributed by atoms with van der Waals surface area (Å²) < 4.78 is 0. The highest BCUT2D eigenvalue weighted by Gasteiger charge is 2.13. The number of hydrogen-bond donors (Lipinski definition) is 0. The SMILES string of the molecule is Cc1ccc(C(=O)N(C)c2ccc(C)cn2)cc1. The highest BCUT2D eigenvalue weighted by molar-refractivity contribution is 6.05. The molecule has 0 saturated heterocycles. The molecule has 0 spiro atoms. The number of anilines is 1. The van der Waals surface area contributed by atoms with Crippen molar-refractivity contribution in [3.63, 3.8) is 0 Å². The number of rotatable bonds is 2. The standard InChI is InChI=1S/C15H16N2O/c1-11-4-7-13(8-5-11)15(18)17(3)14-9-6-12(2)10-16-14/h4-10H,1-3H3. The molecule has 1 heterocycles. The summed E-state index contributed by atoms with van der Waals surface area (Å²) in [4.78, 5) is 18.0. The van der Waals surface area contributed by atoms with E-state index < -0.39 is 0 Å². The third-order valence-corrected chi connectivity index (χ3v) is 2.84. The van der Waals surface area contributed by atoms with Gasteiger partial charge in [0, 0.05) is 18.8 Å². The van der Waals surface area contributed by atoms with Crippen LogP contribution in [-0.4, -0.2) is 17.9 Å². The van der Waals surface area contributed by atoms with Crippen molar-refractivity contribution < 1.29 is 4.79 Å². The van der Waals surface area contributed by atoms with Gasteiger partial charge in [0.05, 0.1) is 0 Å². The Balaban J connectivity index is 2.23. The summed E-state index contributed by atoms with van der Waals surface area (Å²) in [7, 11) is 1.74. The highest BCUT2D eigenvalue weighted by atomic mass is 16.2. The average Bonchev–Trinajstić information content (AvgIpc) is 2.39. The van der Waals surface area contributed by atoms with E-state index in [0.717, 1.165) is 11.1 Å². The van der Waals surface area contributed by atoms with E-state index in [1.165, 1.54) is 0 Å². The Labute approximate surface area is 107 Å². The number of pyridine rings is 1. The first-order valence-electron chi connectivity index (χ1n) is 5.85. The molecule has 0 aliphatic heterocycles. The molecule has 3 nitrogen and oxygen atoms in total. The van der Waals surface area contributed by atoms with Crippen molar-refractivity contribution >= 4 is 11.7 Å². The first kappa shape index (κ1) is 12.3. The van der Waals surface area contributed by atoms with E-state index in [4.69, 9.17) is 0 Å². The van der Waals surface area contributed by atoms with E-state index in [1.807, 2.05) is 50.2 Å². The number of amides is 1. The summed E-state index contributed by atoms with van der Waals surface area (Å²) in [5.74, 6) is 0.609. The van der Waals surface area contributed by atoms with Crippen molar-refractivity contribution in [1.29, 1.82) is 0 Å². The summed E-state index contributed by atoms with van der Waals surface area (Å²) >= 11 is 0. The molecule has 1 amide bonds. The fourth-order valence-electron chi connectivity index (χ4n) is 1.65. The summed E-state index contributed by atoms with van der Waals surface area (Å²) in [6.45, 7) is 3.97. The molecule has 0 atom stereocenters. The molecule has 2 rings (SSSR count). The highest BCUT2D eigenvalue weighted by Crippen LogP contribution is 2.13. The lowest BCUT2D eigenvalue weighted by Crippen LogP contribution is -2.26. The van der Waals surface area contributed by atoms with E-state index in [2.05, 4.69) is 4.98 Å². The minimum absolute atomic E-state index is 0.0497. The van der Waals surface area contributed by atoms with Gasteiger partial charge in [-0.05, 0) is 37.6 Å². The Morgan fingerprint density at radius 2 is 1.61 bits per heavy atom. The molecule has 0 bridgehead atoms. The van der Waals surface area contributed by atoms with Gasteiger partial charge in [0.15, 0.2) is 0 Å². The normalized spacial score (nSPS) is 10.2. The van der Waals surface area contributed by atoms with Crippen molar-refractivity contribution in [2.24, 2.45) is 0 Å². The number of carbonyl (C=O) groups excluding carboxylic acids is 1. The van der Waals surface area contributed by atoms with Crippen LogP contribution in [0.2, 0.25) is 0 Å². The molecule has 18 heavy (non-hydrogen) atoms. The van der Waals surface area contributed by atoms with E-state index in [-0.39, 0.29) is 5.91 Å². The van der Waals surface area contributed by atoms with Gasteiger partial charge in [-0.2, -0.15) is 0 Å². The fourth-order valence-corrected chi connectivity index (χ4v) is 1.65. The molecular formula is C15H16N2O. The number of nitrogens with zero attached hydrogens (tertiary/aromatic N) is 2. The molecule has 1 aromatic heterocycles. The van der Waals surface area contributed by atoms with Crippen molar-refractivity contribution in [3.05, 3.63) is 59.3 Å². The second-order valence-electron chi connectivity index (χ2n) is 4.42. The van der Waals surface area contributed by atoms with Gasteiger partial charge in [-0.25, -0.2) is 4.98 Å². The van der Waals surface area contributed by atoms with Crippen LogP contribution in [0.25, 0.3) is 0 Å². The van der Waals surface area contributed by atoms with E-state index in [1.54, 1.807) is 18.1 Å². The van der Waals surface area contributed by atoms with Gasteiger partial charge in [-0.15, -0.1) is 0 Å². The van der Waals surface area contributed by atoms with Crippen LogP contribution in [0.5, 0.6) is 0 Å². The lowest BCUT2D eigenvalue weighted by Gasteiger charge is -2.16. The topological polar surface area (TPSA) is 33.2 Å². The summed E-state index contributed by atoms with van der Waals surface area (Å²) in [6.07, 6.45) is 1.76. The number of aromatic nitrogens is 1. The maximum atomic E-state index is 12.2. The third-order valence-electron chi connectivity index (χ3n) is 2.84. The van der Waals surface area contributed by atoms with Crippen LogP contribution in [0, 0.1) is 13.8 Å². The molecule has 0 aliphatic rings. The minimum Gasteiger partial charge on any atom is -0.296 e. The number of benzene rings is 1. The smallest absolute Gasteiger partial charge is 0.259 e. The number of aryl methyl sites for hydroxylation is 2. The summed E-state index contributed by atoms with van der Waals surface area (Å²) in [5, 5.41) is 0. The zero-order valence-electron chi connectivity index (χ0n) is 10.8. The van der Waals surface area contributed by atoms with Crippen LogP contribution in [0.15, 0.2) is 42.6 Å². The molecule has 0 radical (unpaired) electrons. The van der Waals surface area contributed by atoms with Gasteiger partial charge < -0.3 is 0 Å². The molecule has 0 N–H and O–H groups in total. The van der Waals surface area contributed by atoms with Crippen LogP contribution in [-0.2, 0) is 0 Å². The Kier molecular flexibility index (Phi) is 3.42. The van der Waals surface area contributed by atoms with Crippen LogP contribution in [0.3, 0.4) is 0 Å². The number of hydrogen-bond acceptors (Lipinski definition) is 2. The minimum atomic E-state index is -0.0497. The van der Waals surface area contributed by atoms with E-state index in [9.17, 15) is 4.79 Å². The maximum absolute atomic E-state index is 12.2. The molecule has 92 valence electrons. The van der Waals surface area contributed by atoms with Crippen molar-refractivity contribution in [3.8, 4) is 0 Å². The van der Waals surface area contributed by atoms with Gasteiger partial charge in [-0.3, -0.25) is 9.69 Å². The zero-order valence-corrected chi connectivity index (χ0v) is 10.8. The van der Waals surface area contributed by atoms with Crippen LogP contribution < -0.4 is 4.90 Å². The fraction of sp³-hybridized carbons (Fsp3) is 0.200. The van der Waals surface area contributed by atoms with Gasteiger partial charge in [0.25, 0.3) is 5.91 Å². The first-order valence-corrected chi connectivity index (χ1v) is 5.85. The zero-order chi connectivity index (χ0) is 13.1. The van der Waals surface area contributed by atoms with Crippen molar-refractivity contribution in [1.82, 2.24) is 4.98 Å². The monoisotopic (exact) mass is 240 g/mol. The molecule has 3 heteroatoms. The van der Waals surface area contributed by atoms with Crippen LogP contribution in [0.1, 0.15) is 21.5 Å². The maximum Gasteiger partial charge on any atom is 0.259 e. The Bertz CT molecular complexity index is 544. The largest absolute Gasteiger partial charge is 0.296 e. The van der Waals surface area contributed by atoms with E-state index >= 15 is 0 Å². The third kappa shape index (κ3) is 2.56.